The maximum atomic E-state index is 9.07. The zero-order valence-electron chi connectivity index (χ0n) is 10.2. The van der Waals surface area contributed by atoms with Gasteiger partial charge in [-0.3, -0.25) is 0 Å². The summed E-state index contributed by atoms with van der Waals surface area (Å²) in [5.74, 6) is 1.23. The van der Waals surface area contributed by atoms with E-state index >= 15 is 0 Å². The van der Waals surface area contributed by atoms with Crippen molar-refractivity contribution in [3.8, 4) is 11.6 Å². The molecule has 1 heterocycles. The van der Waals surface area contributed by atoms with Crippen LogP contribution in [0.5, 0.6) is 11.6 Å². The Balaban J connectivity index is 2.27. The summed E-state index contributed by atoms with van der Waals surface area (Å²) in [7, 11) is 0. The van der Waals surface area contributed by atoms with E-state index in [2.05, 4.69) is 4.98 Å². The van der Waals surface area contributed by atoms with E-state index in [0.717, 1.165) is 16.9 Å². The maximum Gasteiger partial charge on any atom is 0.219 e. The molecule has 0 saturated carbocycles. The predicted molar refractivity (Wildman–Crippen MR) is 71.4 cm³/mol. The van der Waals surface area contributed by atoms with Gasteiger partial charge in [-0.1, -0.05) is 30.4 Å². The van der Waals surface area contributed by atoms with Gasteiger partial charge in [-0.2, -0.15) is 0 Å². The number of benzene rings is 1. The van der Waals surface area contributed by atoms with Crippen molar-refractivity contribution in [2.24, 2.45) is 0 Å². The lowest BCUT2D eigenvalue weighted by atomic mass is 10.2. The molecule has 0 bridgehead atoms. The van der Waals surface area contributed by atoms with Crippen LogP contribution >= 0.6 is 0 Å². The van der Waals surface area contributed by atoms with E-state index < -0.39 is 0 Å². The Labute approximate surface area is 106 Å². The zero-order chi connectivity index (χ0) is 12.8. The van der Waals surface area contributed by atoms with Crippen molar-refractivity contribution < 1.29 is 9.84 Å². The fraction of sp³-hybridized carbons (Fsp3) is 0.133. The first-order valence-corrected chi connectivity index (χ1v) is 5.79. The van der Waals surface area contributed by atoms with Gasteiger partial charge in [0.15, 0.2) is 0 Å². The quantitative estimate of drug-likeness (QED) is 0.892. The van der Waals surface area contributed by atoms with Crippen molar-refractivity contribution in [2.75, 3.05) is 0 Å². The molecular formula is C15H15NO2. The van der Waals surface area contributed by atoms with E-state index in [4.69, 9.17) is 9.84 Å². The van der Waals surface area contributed by atoms with Gasteiger partial charge < -0.3 is 9.84 Å². The largest absolute Gasteiger partial charge is 0.438 e. The molecule has 0 fully saturated rings. The Morgan fingerprint density at radius 3 is 2.89 bits per heavy atom. The van der Waals surface area contributed by atoms with Crippen molar-refractivity contribution in [3.63, 3.8) is 0 Å². The third kappa shape index (κ3) is 2.96. The Hall–Kier alpha value is -2.13. The van der Waals surface area contributed by atoms with E-state index in [-0.39, 0.29) is 6.61 Å². The molecule has 1 aromatic heterocycles. The van der Waals surface area contributed by atoms with Crippen molar-refractivity contribution in [3.05, 3.63) is 59.8 Å². The fourth-order valence-corrected chi connectivity index (χ4v) is 1.61. The lowest BCUT2D eigenvalue weighted by Crippen LogP contribution is -1.92. The first-order chi connectivity index (χ1) is 8.83. The third-order valence-corrected chi connectivity index (χ3v) is 2.46. The monoisotopic (exact) mass is 241 g/mol. The van der Waals surface area contributed by atoms with E-state index in [0.29, 0.717) is 5.88 Å². The number of aromatic nitrogens is 1. The topological polar surface area (TPSA) is 42.4 Å². The molecule has 2 aromatic rings. The number of aliphatic hydroxyl groups is 1. The Morgan fingerprint density at radius 2 is 2.11 bits per heavy atom. The molecule has 0 atom stereocenters. The Bertz CT molecular complexity index is 550. The SMILES string of the molecule is CC=Cc1ccccc1Oc1cc(CO)ccn1. The van der Waals surface area contributed by atoms with Gasteiger partial charge in [0.05, 0.1) is 6.61 Å². The first-order valence-electron chi connectivity index (χ1n) is 5.79. The molecule has 0 saturated heterocycles. The van der Waals surface area contributed by atoms with E-state index in [1.807, 2.05) is 43.3 Å². The number of ether oxygens (including phenoxy) is 1. The van der Waals surface area contributed by atoms with Gasteiger partial charge in [0, 0.05) is 17.8 Å². The third-order valence-electron chi connectivity index (χ3n) is 2.46. The molecule has 0 unspecified atom stereocenters. The van der Waals surface area contributed by atoms with Gasteiger partial charge >= 0.3 is 0 Å². The lowest BCUT2D eigenvalue weighted by molar-refractivity contribution is 0.281. The number of pyridine rings is 1. The highest BCUT2D eigenvalue weighted by Gasteiger charge is 2.03. The van der Waals surface area contributed by atoms with Crippen LogP contribution in [0.3, 0.4) is 0 Å². The van der Waals surface area contributed by atoms with Crippen LogP contribution in [-0.4, -0.2) is 10.1 Å². The van der Waals surface area contributed by atoms with Crippen LogP contribution in [0.1, 0.15) is 18.1 Å². The van der Waals surface area contributed by atoms with Gasteiger partial charge in [0.25, 0.3) is 0 Å². The minimum atomic E-state index is -0.0185. The molecule has 0 aliphatic carbocycles. The number of hydrogen-bond acceptors (Lipinski definition) is 3. The summed E-state index contributed by atoms with van der Waals surface area (Å²) in [5, 5.41) is 9.07. The van der Waals surface area contributed by atoms with Gasteiger partial charge in [-0.15, -0.1) is 0 Å². The summed E-state index contributed by atoms with van der Waals surface area (Å²) >= 11 is 0. The van der Waals surface area contributed by atoms with Crippen LogP contribution in [0.15, 0.2) is 48.7 Å². The van der Waals surface area contributed by atoms with Crippen LogP contribution in [0.25, 0.3) is 6.08 Å². The molecule has 3 nitrogen and oxygen atoms in total. The molecular weight excluding hydrogens is 226 g/mol. The highest BCUT2D eigenvalue weighted by atomic mass is 16.5. The van der Waals surface area contributed by atoms with Crippen molar-refractivity contribution in [1.82, 2.24) is 4.98 Å². The maximum absolute atomic E-state index is 9.07. The first kappa shape index (κ1) is 12.3. The highest BCUT2D eigenvalue weighted by molar-refractivity contribution is 5.57. The molecule has 1 aromatic carbocycles. The molecule has 0 radical (unpaired) electrons. The molecule has 1 N–H and O–H groups in total. The van der Waals surface area contributed by atoms with E-state index in [1.165, 1.54) is 0 Å². The molecule has 0 aliphatic rings. The number of rotatable bonds is 4. The normalized spacial score (nSPS) is 10.8. The van der Waals surface area contributed by atoms with Crippen LogP contribution in [0, 0.1) is 0 Å². The van der Waals surface area contributed by atoms with Crippen molar-refractivity contribution in [2.45, 2.75) is 13.5 Å². The van der Waals surface area contributed by atoms with Crippen LogP contribution < -0.4 is 4.74 Å². The number of allylic oxidation sites excluding steroid dienone is 1. The lowest BCUT2D eigenvalue weighted by Gasteiger charge is -2.08. The number of nitrogens with zero attached hydrogens (tertiary/aromatic N) is 1. The summed E-state index contributed by atoms with van der Waals surface area (Å²) in [6.45, 7) is 1.94. The summed E-state index contributed by atoms with van der Waals surface area (Å²) in [6, 6.07) is 11.2. The molecule has 92 valence electrons. The zero-order valence-corrected chi connectivity index (χ0v) is 10.2. The smallest absolute Gasteiger partial charge is 0.219 e. The van der Waals surface area contributed by atoms with Crippen molar-refractivity contribution >= 4 is 6.08 Å². The number of hydrogen-bond donors (Lipinski definition) is 1. The van der Waals surface area contributed by atoms with Crippen LogP contribution in [-0.2, 0) is 6.61 Å². The molecule has 0 spiro atoms. The van der Waals surface area contributed by atoms with E-state index in [1.54, 1.807) is 18.3 Å². The fourth-order valence-electron chi connectivity index (χ4n) is 1.61. The summed E-state index contributed by atoms with van der Waals surface area (Å²) in [5.41, 5.74) is 1.78. The summed E-state index contributed by atoms with van der Waals surface area (Å²) in [6.07, 6.45) is 5.56. The molecule has 0 aliphatic heterocycles. The van der Waals surface area contributed by atoms with Crippen LogP contribution in [0.2, 0.25) is 0 Å². The van der Waals surface area contributed by atoms with Gasteiger partial charge in [-0.05, 0) is 24.6 Å². The summed E-state index contributed by atoms with van der Waals surface area (Å²) < 4.78 is 5.73. The Kier molecular flexibility index (Phi) is 4.10. The van der Waals surface area contributed by atoms with Gasteiger partial charge in [-0.25, -0.2) is 4.98 Å². The molecule has 3 heteroatoms. The van der Waals surface area contributed by atoms with Gasteiger partial charge in [0.2, 0.25) is 5.88 Å². The highest BCUT2D eigenvalue weighted by Crippen LogP contribution is 2.25. The average Bonchev–Trinajstić information content (AvgIpc) is 2.41. The standard InChI is InChI=1S/C15H15NO2/c1-2-5-13-6-3-4-7-14(13)18-15-10-12(11-17)8-9-16-15/h2-10,17H,11H2,1H3. The summed E-state index contributed by atoms with van der Waals surface area (Å²) in [4.78, 5) is 4.13. The molecule has 2 rings (SSSR count). The predicted octanol–water partition coefficient (Wildman–Crippen LogP) is 3.40. The van der Waals surface area contributed by atoms with Crippen molar-refractivity contribution in [1.29, 1.82) is 0 Å². The second-order valence-electron chi connectivity index (χ2n) is 3.80. The average molecular weight is 241 g/mol. The van der Waals surface area contributed by atoms with Crippen LogP contribution in [0.4, 0.5) is 0 Å². The Morgan fingerprint density at radius 1 is 1.28 bits per heavy atom. The molecule has 0 amide bonds. The van der Waals surface area contributed by atoms with E-state index in [9.17, 15) is 0 Å². The minimum absolute atomic E-state index is 0.0185. The molecule has 18 heavy (non-hydrogen) atoms. The number of aliphatic hydroxyl groups excluding tert-OH is 1. The second kappa shape index (κ2) is 5.98. The van der Waals surface area contributed by atoms with Gasteiger partial charge in [0.1, 0.15) is 5.75 Å². The number of para-hydroxylation sites is 1. The minimum Gasteiger partial charge on any atom is -0.438 e. The second-order valence-corrected chi connectivity index (χ2v) is 3.80.